The van der Waals surface area contributed by atoms with Gasteiger partial charge in [0.25, 0.3) is 0 Å². The molecule has 2 N–H and O–H groups in total. The molecule has 5 unspecified atom stereocenters. The average molecular weight is 504 g/mol. The van der Waals surface area contributed by atoms with Crippen molar-refractivity contribution in [2.75, 3.05) is 7.11 Å². The Morgan fingerprint density at radius 2 is 2.13 bits per heavy atom. The minimum Gasteiger partial charge on any atom is -0.469 e. The van der Waals surface area contributed by atoms with E-state index >= 15 is 0 Å². The van der Waals surface area contributed by atoms with Crippen LogP contribution in [0, 0.1) is 17.8 Å². The van der Waals surface area contributed by atoms with Crippen LogP contribution in [0.15, 0.2) is 23.1 Å². The Kier molecular flexibility index (Phi) is 11.5. The Bertz CT molecular complexity index is 594. The lowest BCUT2D eigenvalue weighted by molar-refractivity contribution is -0.140. The first-order valence-electron chi connectivity index (χ1n) is 11.4. The van der Waals surface area contributed by atoms with Crippen LogP contribution in [0.1, 0.15) is 71.6 Å². The molecule has 0 aromatic rings. The van der Waals surface area contributed by atoms with E-state index in [1.54, 1.807) is 0 Å². The number of carbonyl (C=O) groups excluding carboxylic acids is 1. The highest BCUT2D eigenvalue weighted by atomic mass is 79.9. The molecule has 1 heterocycles. The molecule has 2 aliphatic rings. The number of ether oxygens (including phenoxy) is 1. The Labute approximate surface area is 195 Å². The second-order valence-corrected chi connectivity index (χ2v) is 11.6. The quantitative estimate of drug-likeness (QED) is 0.157. The van der Waals surface area contributed by atoms with Crippen molar-refractivity contribution in [1.82, 2.24) is 0 Å². The third-order valence-electron chi connectivity index (χ3n) is 6.47. The van der Waals surface area contributed by atoms with Gasteiger partial charge in [-0.1, -0.05) is 60.8 Å². The fraction of sp³-hybridized carbons (Fsp3) is 0.792. The van der Waals surface area contributed by atoms with Crippen LogP contribution in [0.4, 0.5) is 0 Å². The molecule has 4 nitrogen and oxygen atoms in total. The zero-order valence-corrected chi connectivity index (χ0v) is 21.0. The normalized spacial score (nSPS) is 31.1. The van der Waals surface area contributed by atoms with Crippen LogP contribution in [-0.4, -0.2) is 45.6 Å². The number of rotatable bonds is 12. The number of carbonyl (C=O) groups is 1. The molecule has 2 rings (SSSR count). The van der Waals surface area contributed by atoms with Crippen LogP contribution in [-0.2, 0) is 9.53 Å². The molecule has 0 amide bonds. The number of thioether (sulfide) groups is 1. The van der Waals surface area contributed by atoms with E-state index in [4.69, 9.17) is 0 Å². The molecule has 172 valence electrons. The lowest BCUT2D eigenvalue weighted by atomic mass is 9.84. The van der Waals surface area contributed by atoms with Crippen molar-refractivity contribution < 1.29 is 19.7 Å². The van der Waals surface area contributed by atoms with E-state index in [2.05, 4.69) is 46.7 Å². The molecule has 0 spiro atoms. The van der Waals surface area contributed by atoms with Crippen LogP contribution in [0.2, 0.25) is 0 Å². The lowest BCUT2D eigenvalue weighted by Crippen LogP contribution is -2.21. The fourth-order valence-electron chi connectivity index (χ4n) is 4.55. The number of unbranched alkanes of at least 4 members (excludes halogenated alkanes) is 1. The number of aliphatic hydroxyl groups excluding tert-OH is 2. The Hall–Kier alpha value is -0.300. The van der Waals surface area contributed by atoms with Crippen molar-refractivity contribution in [3.8, 4) is 0 Å². The summed E-state index contributed by atoms with van der Waals surface area (Å²) < 4.78 is 4.69. The highest BCUT2D eigenvalue weighted by molar-refractivity contribution is 9.09. The zero-order chi connectivity index (χ0) is 22.1. The van der Waals surface area contributed by atoms with Crippen molar-refractivity contribution in [3.63, 3.8) is 0 Å². The smallest absolute Gasteiger partial charge is 0.305 e. The van der Waals surface area contributed by atoms with Gasteiger partial charge in [-0.05, 0) is 61.2 Å². The Balaban J connectivity index is 1.73. The van der Waals surface area contributed by atoms with E-state index in [0.29, 0.717) is 28.3 Å². The minimum atomic E-state index is -0.426. The predicted octanol–water partition coefficient (Wildman–Crippen LogP) is 5.61. The summed E-state index contributed by atoms with van der Waals surface area (Å²) in [7, 11) is 1.43. The Morgan fingerprint density at radius 1 is 1.37 bits per heavy atom. The molecule has 7 atom stereocenters. The fourth-order valence-corrected chi connectivity index (χ4v) is 6.51. The molecule has 0 aromatic carbocycles. The predicted molar refractivity (Wildman–Crippen MR) is 129 cm³/mol. The molecule has 0 radical (unpaired) electrons. The van der Waals surface area contributed by atoms with Gasteiger partial charge in [-0.2, -0.15) is 0 Å². The van der Waals surface area contributed by atoms with Gasteiger partial charge in [0.05, 0.1) is 19.3 Å². The summed E-state index contributed by atoms with van der Waals surface area (Å²) in [6, 6.07) is 0. The van der Waals surface area contributed by atoms with Gasteiger partial charge in [-0.3, -0.25) is 4.79 Å². The molecule has 0 bridgehead atoms. The number of alkyl halides is 1. The van der Waals surface area contributed by atoms with E-state index in [1.165, 1.54) is 12.0 Å². The van der Waals surface area contributed by atoms with Crippen molar-refractivity contribution >= 4 is 33.7 Å². The van der Waals surface area contributed by atoms with Gasteiger partial charge in [0, 0.05) is 16.5 Å². The first-order valence-corrected chi connectivity index (χ1v) is 13.2. The van der Waals surface area contributed by atoms with E-state index in [-0.39, 0.29) is 18.0 Å². The molecular weight excluding hydrogens is 464 g/mol. The number of aliphatic hydroxyl groups is 2. The standard InChI is InChI=1S/C24H39BrO4S/c1-16(6-4-5-7-24(28)29-3)14-21-18(9-13-23(21)27)8-10-19(26)11-12-20-15-22(25)17(2)30-20/h8,10,15-19,21-23,26-27H,4-7,9,11-14H2,1-3H3/b10-8+/t16?,17?,18?,19-,21-,22?,23?/m1/s1. The largest absolute Gasteiger partial charge is 0.469 e. The van der Waals surface area contributed by atoms with Crippen LogP contribution < -0.4 is 0 Å². The molecule has 30 heavy (non-hydrogen) atoms. The Morgan fingerprint density at radius 3 is 2.80 bits per heavy atom. The summed E-state index contributed by atoms with van der Waals surface area (Å²) in [4.78, 5) is 13.0. The van der Waals surface area contributed by atoms with Gasteiger partial charge >= 0.3 is 5.97 Å². The monoisotopic (exact) mass is 502 g/mol. The molecule has 1 fully saturated rings. The molecule has 1 aliphatic carbocycles. The highest BCUT2D eigenvalue weighted by Gasteiger charge is 2.34. The van der Waals surface area contributed by atoms with Crippen LogP contribution >= 0.6 is 27.7 Å². The number of halogens is 1. The maximum absolute atomic E-state index is 11.2. The van der Waals surface area contributed by atoms with Crippen molar-refractivity contribution in [2.45, 2.75) is 93.9 Å². The molecule has 0 saturated heterocycles. The minimum absolute atomic E-state index is 0.137. The maximum Gasteiger partial charge on any atom is 0.305 e. The van der Waals surface area contributed by atoms with E-state index < -0.39 is 6.10 Å². The SMILES string of the molecule is COC(=O)CCCCC(C)C[C@H]1C(O)CCC1/C=C/[C@@H](O)CCC1=CC(Br)C(C)S1. The van der Waals surface area contributed by atoms with Gasteiger partial charge in [0.1, 0.15) is 0 Å². The number of methoxy groups -OCH3 is 1. The second-order valence-electron chi connectivity index (χ2n) is 9.03. The van der Waals surface area contributed by atoms with Crippen LogP contribution in [0.5, 0.6) is 0 Å². The third kappa shape index (κ3) is 8.68. The highest BCUT2D eigenvalue weighted by Crippen LogP contribution is 2.40. The average Bonchev–Trinajstić information content (AvgIpc) is 3.23. The van der Waals surface area contributed by atoms with Crippen molar-refractivity contribution in [2.24, 2.45) is 17.8 Å². The first-order chi connectivity index (χ1) is 14.3. The summed E-state index contributed by atoms with van der Waals surface area (Å²) in [6.07, 6.45) is 13.6. The summed E-state index contributed by atoms with van der Waals surface area (Å²) >= 11 is 5.57. The number of allylic oxidation sites excluding steroid dienone is 3. The summed E-state index contributed by atoms with van der Waals surface area (Å²) in [5.74, 6) is 1.00. The summed E-state index contributed by atoms with van der Waals surface area (Å²) in [5.41, 5.74) is 0. The maximum atomic E-state index is 11.2. The molecule has 0 aromatic heterocycles. The van der Waals surface area contributed by atoms with Crippen molar-refractivity contribution in [1.29, 1.82) is 0 Å². The van der Waals surface area contributed by atoms with Crippen LogP contribution in [0.3, 0.4) is 0 Å². The summed E-state index contributed by atoms with van der Waals surface area (Å²) in [6.45, 7) is 4.46. The second kappa shape index (κ2) is 13.3. The topological polar surface area (TPSA) is 66.8 Å². The molecular formula is C24H39BrO4S. The van der Waals surface area contributed by atoms with Gasteiger partial charge < -0.3 is 14.9 Å². The number of hydrogen-bond donors (Lipinski definition) is 2. The van der Waals surface area contributed by atoms with E-state index in [9.17, 15) is 15.0 Å². The first kappa shape index (κ1) is 26.0. The van der Waals surface area contributed by atoms with Gasteiger partial charge in [-0.25, -0.2) is 0 Å². The van der Waals surface area contributed by atoms with Gasteiger partial charge in [0.15, 0.2) is 0 Å². The number of esters is 1. The van der Waals surface area contributed by atoms with E-state index in [1.807, 2.05) is 17.8 Å². The summed E-state index contributed by atoms with van der Waals surface area (Å²) in [5, 5.41) is 21.4. The van der Waals surface area contributed by atoms with Crippen molar-refractivity contribution in [3.05, 3.63) is 23.1 Å². The van der Waals surface area contributed by atoms with Gasteiger partial charge in [0.2, 0.25) is 0 Å². The van der Waals surface area contributed by atoms with Gasteiger partial charge in [-0.15, -0.1) is 11.8 Å². The molecule has 1 aliphatic heterocycles. The van der Waals surface area contributed by atoms with Crippen LogP contribution in [0.25, 0.3) is 0 Å². The third-order valence-corrected chi connectivity index (χ3v) is 9.18. The zero-order valence-electron chi connectivity index (χ0n) is 18.6. The lowest BCUT2D eigenvalue weighted by Gasteiger charge is -2.24. The van der Waals surface area contributed by atoms with E-state index in [0.717, 1.165) is 51.4 Å². The molecule has 1 saturated carbocycles. The molecule has 6 heteroatoms. The number of hydrogen-bond acceptors (Lipinski definition) is 5.